The van der Waals surface area contributed by atoms with Crippen LogP contribution in [-0.4, -0.2) is 16.4 Å². The molecule has 0 spiro atoms. The Bertz CT molecular complexity index is 418. The van der Waals surface area contributed by atoms with Crippen LogP contribution in [0.1, 0.15) is 15.9 Å². The maximum Gasteiger partial charge on any atom is 0.337 e. The van der Waals surface area contributed by atoms with Crippen molar-refractivity contribution in [3.05, 3.63) is 35.1 Å². The summed E-state index contributed by atoms with van der Waals surface area (Å²) < 4.78 is 12.7. The molecule has 1 aromatic rings. The third-order valence-electron chi connectivity index (χ3n) is 1.50. The standard InChI is InChI=1S/C10H6BrFO2/c11-5-1-2-7-3-4-8(12)6-9(7)10(13)14/h3-4,6H,5H2,(H,13,14). The summed E-state index contributed by atoms with van der Waals surface area (Å²) in [5, 5.41) is 9.19. The first kappa shape index (κ1) is 10.7. The molecule has 0 aliphatic heterocycles. The van der Waals surface area contributed by atoms with Gasteiger partial charge in [-0.15, -0.1) is 0 Å². The van der Waals surface area contributed by atoms with Crippen LogP contribution in [0.15, 0.2) is 18.2 Å². The summed E-state index contributed by atoms with van der Waals surface area (Å²) in [6.45, 7) is 0. The zero-order valence-electron chi connectivity index (χ0n) is 7.05. The Kier molecular flexibility index (Phi) is 3.66. The first-order valence-corrected chi connectivity index (χ1v) is 4.85. The minimum Gasteiger partial charge on any atom is -0.478 e. The Morgan fingerprint density at radius 3 is 2.86 bits per heavy atom. The molecule has 4 heteroatoms. The molecule has 1 rings (SSSR count). The van der Waals surface area contributed by atoms with Crippen LogP contribution in [0.25, 0.3) is 0 Å². The van der Waals surface area contributed by atoms with Crippen LogP contribution in [0.2, 0.25) is 0 Å². The molecule has 2 nitrogen and oxygen atoms in total. The van der Waals surface area contributed by atoms with Crippen LogP contribution in [-0.2, 0) is 0 Å². The van der Waals surface area contributed by atoms with Gasteiger partial charge in [-0.05, 0) is 18.2 Å². The molecule has 0 saturated carbocycles. The van der Waals surface area contributed by atoms with Crippen molar-refractivity contribution in [1.29, 1.82) is 0 Å². The van der Waals surface area contributed by atoms with Gasteiger partial charge in [0.25, 0.3) is 0 Å². The van der Waals surface area contributed by atoms with Crippen molar-refractivity contribution in [3.63, 3.8) is 0 Å². The third-order valence-corrected chi connectivity index (χ3v) is 1.78. The molecule has 0 fully saturated rings. The van der Waals surface area contributed by atoms with Crippen LogP contribution in [0, 0.1) is 17.7 Å². The number of hydrogen-bond donors (Lipinski definition) is 1. The Labute approximate surface area is 88.9 Å². The summed E-state index contributed by atoms with van der Waals surface area (Å²) in [4.78, 5) is 10.7. The van der Waals surface area contributed by atoms with E-state index in [1.165, 1.54) is 12.1 Å². The van der Waals surface area contributed by atoms with Gasteiger partial charge in [-0.1, -0.05) is 27.8 Å². The molecule has 0 saturated heterocycles. The lowest BCUT2D eigenvalue weighted by molar-refractivity contribution is 0.0696. The maximum absolute atomic E-state index is 12.7. The van der Waals surface area contributed by atoms with E-state index in [-0.39, 0.29) is 5.56 Å². The molecule has 0 bridgehead atoms. The number of aromatic carboxylic acids is 1. The highest BCUT2D eigenvalue weighted by Crippen LogP contribution is 2.10. The summed E-state index contributed by atoms with van der Waals surface area (Å²) in [6.07, 6.45) is 0. The monoisotopic (exact) mass is 256 g/mol. The predicted molar refractivity (Wildman–Crippen MR) is 54.0 cm³/mol. The van der Waals surface area contributed by atoms with Crippen LogP contribution >= 0.6 is 15.9 Å². The SMILES string of the molecule is O=C(O)c1cc(F)ccc1C#CCBr. The maximum atomic E-state index is 12.7. The number of halogens is 2. The van der Waals surface area contributed by atoms with Crippen molar-refractivity contribution in [2.75, 3.05) is 5.33 Å². The average Bonchev–Trinajstić information content (AvgIpc) is 2.15. The van der Waals surface area contributed by atoms with Gasteiger partial charge in [-0.3, -0.25) is 0 Å². The molecule has 0 unspecified atom stereocenters. The molecule has 14 heavy (non-hydrogen) atoms. The summed E-state index contributed by atoms with van der Waals surface area (Å²) in [6, 6.07) is 3.50. The first-order valence-electron chi connectivity index (χ1n) is 3.73. The number of hydrogen-bond acceptors (Lipinski definition) is 1. The summed E-state index contributed by atoms with van der Waals surface area (Å²) in [5.41, 5.74) is 0.205. The van der Waals surface area contributed by atoms with E-state index in [0.29, 0.717) is 10.9 Å². The van der Waals surface area contributed by atoms with Gasteiger partial charge in [0.2, 0.25) is 0 Å². The van der Waals surface area contributed by atoms with Crippen molar-refractivity contribution in [3.8, 4) is 11.8 Å². The van der Waals surface area contributed by atoms with Crippen molar-refractivity contribution in [2.24, 2.45) is 0 Å². The number of alkyl halides is 1. The molecule has 72 valence electrons. The number of rotatable bonds is 1. The van der Waals surface area contributed by atoms with Crippen LogP contribution in [0.4, 0.5) is 4.39 Å². The van der Waals surface area contributed by atoms with E-state index in [1.54, 1.807) is 0 Å². The largest absolute Gasteiger partial charge is 0.478 e. The summed E-state index contributed by atoms with van der Waals surface area (Å²) >= 11 is 3.09. The van der Waals surface area contributed by atoms with E-state index in [4.69, 9.17) is 5.11 Å². The highest BCUT2D eigenvalue weighted by Gasteiger charge is 2.08. The number of carbonyl (C=O) groups is 1. The Hall–Kier alpha value is -1.34. The van der Waals surface area contributed by atoms with E-state index in [0.717, 1.165) is 6.07 Å². The second-order valence-electron chi connectivity index (χ2n) is 2.43. The second kappa shape index (κ2) is 4.77. The lowest BCUT2D eigenvalue weighted by Gasteiger charge is -1.98. The summed E-state index contributed by atoms with van der Waals surface area (Å²) in [5.74, 6) is 3.53. The number of carboxylic acids is 1. The van der Waals surface area contributed by atoms with Crippen LogP contribution in [0.5, 0.6) is 0 Å². The molecule has 0 radical (unpaired) electrons. The highest BCUT2D eigenvalue weighted by atomic mass is 79.9. The van der Waals surface area contributed by atoms with Crippen molar-refractivity contribution in [1.82, 2.24) is 0 Å². The molecule has 0 amide bonds. The van der Waals surface area contributed by atoms with E-state index >= 15 is 0 Å². The van der Waals surface area contributed by atoms with Crippen LogP contribution < -0.4 is 0 Å². The molecule has 0 aliphatic rings. The fourth-order valence-electron chi connectivity index (χ4n) is 0.931. The first-order chi connectivity index (χ1) is 6.65. The third kappa shape index (κ3) is 2.57. The van der Waals surface area contributed by atoms with E-state index in [1.807, 2.05) is 0 Å². The van der Waals surface area contributed by atoms with Crippen molar-refractivity contribution in [2.45, 2.75) is 0 Å². The Balaban J connectivity index is 3.22. The molecule has 1 aromatic carbocycles. The lowest BCUT2D eigenvalue weighted by atomic mass is 10.1. The second-order valence-corrected chi connectivity index (χ2v) is 2.99. The molecular formula is C10H6BrFO2. The zero-order valence-corrected chi connectivity index (χ0v) is 8.64. The molecule has 0 aromatic heterocycles. The fraction of sp³-hybridized carbons (Fsp3) is 0.100. The van der Waals surface area contributed by atoms with E-state index in [2.05, 4.69) is 27.8 Å². The van der Waals surface area contributed by atoms with Crippen molar-refractivity contribution < 1.29 is 14.3 Å². The molecular weight excluding hydrogens is 251 g/mol. The number of benzene rings is 1. The quantitative estimate of drug-likeness (QED) is 0.619. The molecule has 0 atom stereocenters. The van der Waals surface area contributed by atoms with Gasteiger partial charge >= 0.3 is 5.97 Å². The smallest absolute Gasteiger partial charge is 0.337 e. The average molecular weight is 257 g/mol. The normalized spacial score (nSPS) is 9.00. The van der Waals surface area contributed by atoms with Gasteiger partial charge in [0.15, 0.2) is 0 Å². The number of carboxylic acid groups (broad SMARTS) is 1. The van der Waals surface area contributed by atoms with Gasteiger partial charge in [-0.25, -0.2) is 9.18 Å². The topological polar surface area (TPSA) is 37.3 Å². The Morgan fingerprint density at radius 2 is 2.29 bits per heavy atom. The molecule has 0 aliphatic carbocycles. The predicted octanol–water partition coefficient (Wildman–Crippen LogP) is 2.27. The molecule has 1 N–H and O–H groups in total. The van der Waals surface area contributed by atoms with Gasteiger partial charge < -0.3 is 5.11 Å². The summed E-state index contributed by atoms with van der Waals surface area (Å²) in [7, 11) is 0. The van der Waals surface area contributed by atoms with Gasteiger partial charge in [0.05, 0.1) is 10.9 Å². The minimum absolute atomic E-state index is 0.113. The fourth-order valence-corrected chi connectivity index (χ4v) is 1.07. The lowest BCUT2D eigenvalue weighted by Crippen LogP contribution is -2.00. The van der Waals surface area contributed by atoms with Crippen molar-refractivity contribution >= 4 is 21.9 Å². The van der Waals surface area contributed by atoms with Crippen LogP contribution in [0.3, 0.4) is 0 Å². The molecule has 0 heterocycles. The van der Waals surface area contributed by atoms with Gasteiger partial charge in [0, 0.05) is 5.56 Å². The van der Waals surface area contributed by atoms with E-state index < -0.39 is 11.8 Å². The van der Waals surface area contributed by atoms with E-state index in [9.17, 15) is 9.18 Å². The highest BCUT2D eigenvalue weighted by molar-refractivity contribution is 9.09. The van der Waals surface area contributed by atoms with Gasteiger partial charge in [0.1, 0.15) is 5.82 Å². The van der Waals surface area contributed by atoms with Gasteiger partial charge in [-0.2, -0.15) is 0 Å². The Morgan fingerprint density at radius 1 is 1.57 bits per heavy atom. The minimum atomic E-state index is -1.18. The zero-order chi connectivity index (χ0) is 10.6.